The van der Waals surface area contributed by atoms with Crippen LogP contribution in [0.4, 0.5) is 4.79 Å². The van der Waals surface area contributed by atoms with E-state index in [-0.39, 0.29) is 19.6 Å². The van der Waals surface area contributed by atoms with E-state index in [1.54, 1.807) is 0 Å². The smallest absolute Gasteiger partial charge is 0.410 e. The summed E-state index contributed by atoms with van der Waals surface area (Å²) in [4.78, 5) is 24.8. The Bertz CT molecular complexity index is 476. The summed E-state index contributed by atoms with van der Waals surface area (Å²) < 4.78 is 9.78. The molecule has 1 unspecified atom stereocenters. The zero-order valence-corrected chi connectivity index (χ0v) is 11.2. The van der Waals surface area contributed by atoms with Crippen LogP contribution in [0.3, 0.4) is 0 Å². The van der Waals surface area contributed by atoms with E-state index in [4.69, 9.17) is 4.74 Å². The van der Waals surface area contributed by atoms with Crippen LogP contribution in [-0.2, 0) is 20.9 Å². The van der Waals surface area contributed by atoms with Gasteiger partial charge in [0, 0.05) is 6.42 Å². The molecule has 1 saturated heterocycles. The van der Waals surface area contributed by atoms with Crippen molar-refractivity contribution >= 4 is 12.1 Å². The van der Waals surface area contributed by atoms with Crippen molar-refractivity contribution in [3.05, 3.63) is 35.9 Å². The number of nitrogens with zero attached hydrogens (tertiary/aromatic N) is 1. The summed E-state index contributed by atoms with van der Waals surface area (Å²) >= 11 is 0. The summed E-state index contributed by atoms with van der Waals surface area (Å²) in [6.07, 6.45) is -1.18. The van der Waals surface area contributed by atoms with Gasteiger partial charge in [0.2, 0.25) is 0 Å². The average Bonchev–Trinajstić information content (AvgIpc) is 2.87. The summed E-state index contributed by atoms with van der Waals surface area (Å²) in [5.74, 6) is -0.543. The highest BCUT2D eigenvalue weighted by atomic mass is 16.6. The van der Waals surface area contributed by atoms with Crippen LogP contribution in [-0.4, -0.2) is 47.9 Å². The highest BCUT2D eigenvalue weighted by Gasteiger charge is 2.40. The van der Waals surface area contributed by atoms with Crippen LogP contribution < -0.4 is 0 Å². The first-order chi connectivity index (χ1) is 9.61. The van der Waals surface area contributed by atoms with Crippen LogP contribution in [0.1, 0.15) is 12.0 Å². The summed E-state index contributed by atoms with van der Waals surface area (Å²) in [7, 11) is 1.25. The first kappa shape index (κ1) is 14.3. The number of methoxy groups -OCH3 is 1. The van der Waals surface area contributed by atoms with Gasteiger partial charge in [0.1, 0.15) is 12.6 Å². The molecule has 6 heteroatoms. The second-order valence-electron chi connectivity index (χ2n) is 4.62. The lowest BCUT2D eigenvalue weighted by Crippen LogP contribution is -2.41. The number of rotatable bonds is 3. The maximum absolute atomic E-state index is 12.0. The number of aliphatic hydroxyl groups excluding tert-OH is 1. The Hall–Kier alpha value is -2.08. The number of β-amino-alcohol motifs (C(OH)–C–C–N with tert-alkyl or cyclic N) is 1. The molecular weight excluding hydrogens is 262 g/mol. The second kappa shape index (κ2) is 6.38. The molecule has 20 heavy (non-hydrogen) atoms. The van der Waals surface area contributed by atoms with Crippen LogP contribution in [0.25, 0.3) is 0 Å². The van der Waals surface area contributed by atoms with Gasteiger partial charge in [0.05, 0.1) is 19.8 Å². The quantitative estimate of drug-likeness (QED) is 0.833. The number of likely N-dealkylation sites (tertiary alicyclic amines) is 1. The van der Waals surface area contributed by atoms with E-state index >= 15 is 0 Å². The van der Waals surface area contributed by atoms with Gasteiger partial charge >= 0.3 is 12.1 Å². The Morgan fingerprint density at radius 3 is 2.70 bits per heavy atom. The van der Waals surface area contributed by atoms with E-state index < -0.39 is 24.2 Å². The minimum atomic E-state index is -0.779. The summed E-state index contributed by atoms with van der Waals surface area (Å²) in [5, 5.41) is 9.59. The molecular formula is C14H17NO5. The Morgan fingerprint density at radius 1 is 1.35 bits per heavy atom. The Balaban J connectivity index is 1.95. The van der Waals surface area contributed by atoms with Crippen LogP contribution in [0, 0.1) is 0 Å². The van der Waals surface area contributed by atoms with Gasteiger partial charge in [0.15, 0.2) is 0 Å². The highest BCUT2D eigenvalue weighted by Crippen LogP contribution is 2.20. The molecule has 1 N–H and O–H groups in total. The average molecular weight is 279 g/mol. The summed E-state index contributed by atoms with van der Waals surface area (Å²) in [5.41, 5.74) is 0.857. The molecule has 108 valence electrons. The molecule has 2 rings (SSSR count). The fourth-order valence-corrected chi connectivity index (χ4v) is 2.18. The van der Waals surface area contributed by atoms with Gasteiger partial charge in [0.25, 0.3) is 0 Å². The van der Waals surface area contributed by atoms with E-state index in [0.717, 1.165) is 5.56 Å². The Labute approximate surface area is 116 Å². The van der Waals surface area contributed by atoms with Crippen molar-refractivity contribution in [1.29, 1.82) is 0 Å². The molecule has 1 heterocycles. The number of amides is 1. The van der Waals surface area contributed by atoms with Gasteiger partial charge in [-0.1, -0.05) is 30.3 Å². The van der Waals surface area contributed by atoms with Crippen molar-refractivity contribution in [2.45, 2.75) is 25.2 Å². The molecule has 1 aromatic rings. The van der Waals surface area contributed by atoms with Crippen molar-refractivity contribution in [3.8, 4) is 0 Å². The fourth-order valence-electron chi connectivity index (χ4n) is 2.18. The number of carbonyl (C=O) groups is 2. The molecule has 1 aliphatic rings. The SMILES string of the molecule is COC(=O)C1C[C@@H](O)CN1C(=O)OCc1ccccc1. The summed E-state index contributed by atoms with van der Waals surface area (Å²) in [6, 6.07) is 8.46. The standard InChI is InChI=1S/C14H17NO5/c1-19-13(17)12-7-11(16)8-15(12)14(18)20-9-10-5-3-2-4-6-10/h2-6,11-12,16H,7-9H2,1H3/t11-,12?/m1/s1. The van der Waals surface area contributed by atoms with Crippen LogP contribution in [0.5, 0.6) is 0 Å². The monoisotopic (exact) mass is 279 g/mol. The topological polar surface area (TPSA) is 76.1 Å². The number of benzene rings is 1. The number of ether oxygens (including phenoxy) is 2. The van der Waals surface area contributed by atoms with Gasteiger partial charge in [-0.25, -0.2) is 9.59 Å². The van der Waals surface area contributed by atoms with Gasteiger partial charge < -0.3 is 14.6 Å². The highest BCUT2D eigenvalue weighted by molar-refractivity contribution is 5.82. The molecule has 0 aromatic heterocycles. The molecule has 0 saturated carbocycles. The van der Waals surface area contributed by atoms with Crippen LogP contribution in [0.15, 0.2) is 30.3 Å². The molecule has 0 spiro atoms. The predicted octanol–water partition coefficient (Wildman–Crippen LogP) is 0.931. The first-order valence-electron chi connectivity index (χ1n) is 6.35. The van der Waals surface area contributed by atoms with Crippen molar-refractivity contribution in [2.75, 3.05) is 13.7 Å². The van der Waals surface area contributed by atoms with Gasteiger partial charge in [-0.05, 0) is 5.56 Å². The first-order valence-corrected chi connectivity index (χ1v) is 6.35. The van der Waals surface area contributed by atoms with E-state index in [2.05, 4.69) is 4.74 Å². The van der Waals surface area contributed by atoms with E-state index in [0.29, 0.717) is 0 Å². The fraction of sp³-hybridized carbons (Fsp3) is 0.429. The number of esters is 1. The van der Waals surface area contributed by atoms with Gasteiger partial charge in [-0.15, -0.1) is 0 Å². The third kappa shape index (κ3) is 3.27. The minimum Gasteiger partial charge on any atom is -0.467 e. The van der Waals surface area contributed by atoms with Crippen LogP contribution >= 0.6 is 0 Å². The lowest BCUT2D eigenvalue weighted by Gasteiger charge is -2.21. The third-order valence-corrected chi connectivity index (χ3v) is 3.19. The number of hydrogen-bond donors (Lipinski definition) is 1. The molecule has 1 aliphatic heterocycles. The summed E-state index contributed by atoms with van der Waals surface area (Å²) in [6.45, 7) is 0.202. The van der Waals surface area contributed by atoms with Crippen LogP contribution in [0.2, 0.25) is 0 Å². The zero-order chi connectivity index (χ0) is 14.5. The lowest BCUT2D eigenvalue weighted by atomic mass is 10.2. The Kier molecular flexibility index (Phi) is 4.57. The molecule has 0 bridgehead atoms. The maximum Gasteiger partial charge on any atom is 0.410 e. The van der Waals surface area contributed by atoms with Crippen molar-refractivity contribution in [3.63, 3.8) is 0 Å². The molecule has 2 atom stereocenters. The van der Waals surface area contributed by atoms with Gasteiger partial charge in [-0.3, -0.25) is 4.90 Å². The minimum absolute atomic E-state index is 0.0768. The molecule has 1 aromatic carbocycles. The van der Waals surface area contributed by atoms with E-state index in [9.17, 15) is 14.7 Å². The number of hydrogen-bond acceptors (Lipinski definition) is 5. The Morgan fingerprint density at radius 2 is 2.05 bits per heavy atom. The van der Waals surface area contributed by atoms with Gasteiger partial charge in [-0.2, -0.15) is 0 Å². The second-order valence-corrected chi connectivity index (χ2v) is 4.62. The van der Waals surface area contributed by atoms with E-state index in [1.807, 2.05) is 30.3 Å². The largest absolute Gasteiger partial charge is 0.467 e. The number of aliphatic hydroxyl groups is 1. The predicted molar refractivity (Wildman–Crippen MR) is 69.8 cm³/mol. The van der Waals surface area contributed by atoms with E-state index in [1.165, 1.54) is 12.0 Å². The molecule has 6 nitrogen and oxygen atoms in total. The molecule has 1 fully saturated rings. The normalized spacial score (nSPS) is 21.6. The molecule has 1 amide bonds. The lowest BCUT2D eigenvalue weighted by molar-refractivity contribution is -0.145. The van der Waals surface area contributed by atoms with Crippen molar-refractivity contribution in [1.82, 2.24) is 4.90 Å². The zero-order valence-electron chi connectivity index (χ0n) is 11.2. The molecule has 0 aliphatic carbocycles. The maximum atomic E-state index is 12.0. The van der Waals surface area contributed by atoms with Crippen molar-refractivity contribution < 1.29 is 24.2 Å². The van der Waals surface area contributed by atoms with Crippen molar-refractivity contribution in [2.24, 2.45) is 0 Å². The third-order valence-electron chi connectivity index (χ3n) is 3.19. The number of carbonyl (C=O) groups excluding carboxylic acids is 2. The molecule has 0 radical (unpaired) electrons.